The highest BCUT2D eigenvalue weighted by Gasteiger charge is 2.00. The number of pyridine rings is 1. The Morgan fingerprint density at radius 3 is 2.89 bits per heavy atom. The Bertz CT molecular complexity index is 350. The molecule has 1 aromatic heterocycles. The summed E-state index contributed by atoms with van der Waals surface area (Å²) >= 11 is 5.79. The van der Waals surface area contributed by atoms with Crippen molar-refractivity contribution in [1.29, 1.82) is 0 Å². The van der Waals surface area contributed by atoms with Gasteiger partial charge in [0, 0.05) is 20.3 Å². The quantitative estimate of drug-likeness (QED) is 0.533. The van der Waals surface area contributed by atoms with Crippen LogP contribution >= 0.6 is 11.6 Å². The van der Waals surface area contributed by atoms with Crippen LogP contribution in [0, 0.1) is 0 Å². The highest BCUT2D eigenvalue weighted by molar-refractivity contribution is 6.29. The van der Waals surface area contributed by atoms with Crippen LogP contribution in [-0.2, 0) is 9.47 Å². The van der Waals surface area contributed by atoms with E-state index in [-0.39, 0.29) is 0 Å². The van der Waals surface area contributed by atoms with Crippen LogP contribution in [-0.4, -0.2) is 38.5 Å². The molecule has 6 heteroatoms. The van der Waals surface area contributed by atoms with E-state index in [1.807, 2.05) is 0 Å². The predicted octanol–water partition coefficient (Wildman–Crippen LogP) is 2.17. The number of nitrogen functional groups attached to an aromatic ring is 1. The molecule has 0 unspecified atom stereocenters. The van der Waals surface area contributed by atoms with Crippen molar-refractivity contribution < 1.29 is 9.47 Å². The number of methoxy groups -OCH3 is 1. The number of nitrogens with one attached hydrogen (secondary N) is 1. The molecule has 18 heavy (non-hydrogen) atoms. The smallest absolute Gasteiger partial charge is 0.150 e. The third kappa shape index (κ3) is 6.05. The molecule has 0 radical (unpaired) electrons. The summed E-state index contributed by atoms with van der Waals surface area (Å²) in [6, 6.07) is 3.41. The molecule has 0 amide bonds. The molecule has 102 valence electrons. The third-order valence-electron chi connectivity index (χ3n) is 2.33. The Balaban J connectivity index is 2.09. The topological polar surface area (TPSA) is 69.4 Å². The molecular formula is C12H20ClN3O2. The Morgan fingerprint density at radius 2 is 2.11 bits per heavy atom. The Hall–Kier alpha value is -1.04. The number of ether oxygens (including phenoxy) is 2. The Kier molecular flexibility index (Phi) is 7.48. The van der Waals surface area contributed by atoms with E-state index in [2.05, 4.69) is 10.3 Å². The van der Waals surface area contributed by atoms with Gasteiger partial charge in [0.1, 0.15) is 5.15 Å². The Morgan fingerprint density at radius 1 is 1.28 bits per heavy atom. The summed E-state index contributed by atoms with van der Waals surface area (Å²) in [5, 5.41) is 3.59. The second-order valence-corrected chi connectivity index (χ2v) is 4.20. The van der Waals surface area contributed by atoms with E-state index in [1.165, 1.54) is 0 Å². The van der Waals surface area contributed by atoms with Crippen molar-refractivity contribution in [1.82, 2.24) is 4.98 Å². The van der Waals surface area contributed by atoms with Gasteiger partial charge < -0.3 is 20.5 Å². The summed E-state index contributed by atoms with van der Waals surface area (Å²) in [7, 11) is 1.66. The summed E-state index contributed by atoms with van der Waals surface area (Å²) in [5.41, 5.74) is 6.37. The number of nitrogens with two attached hydrogens (primary N) is 1. The highest BCUT2D eigenvalue weighted by Crippen LogP contribution is 2.18. The van der Waals surface area contributed by atoms with Crippen molar-refractivity contribution in [2.75, 3.05) is 44.5 Å². The minimum absolute atomic E-state index is 0.439. The van der Waals surface area contributed by atoms with E-state index < -0.39 is 0 Å². The van der Waals surface area contributed by atoms with Crippen LogP contribution in [0.2, 0.25) is 5.15 Å². The normalized spacial score (nSPS) is 10.6. The molecule has 0 aliphatic carbocycles. The lowest BCUT2D eigenvalue weighted by Gasteiger charge is -2.08. The lowest BCUT2D eigenvalue weighted by Crippen LogP contribution is -2.08. The maximum Gasteiger partial charge on any atom is 0.150 e. The van der Waals surface area contributed by atoms with Crippen LogP contribution in [0.4, 0.5) is 11.5 Å². The minimum Gasteiger partial charge on any atom is -0.396 e. The van der Waals surface area contributed by atoms with Crippen molar-refractivity contribution in [3.63, 3.8) is 0 Å². The van der Waals surface area contributed by atoms with Crippen molar-refractivity contribution in [3.05, 3.63) is 17.3 Å². The van der Waals surface area contributed by atoms with Crippen LogP contribution < -0.4 is 11.1 Å². The molecule has 5 nitrogen and oxygen atoms in total. The van der Waals surface area contributed by atoms with Gasteiger partial charge in [0.05, 0.1) is 18.9 Å². The van der Waals surface area contributed by atoms with Gasteiger partial charge in [-0.1, -0.05) is 11.6 Å². The summed E-state index contributed by atoms with van der Waals surface area (Å²) in [4.78, 5) is 4.11. The molecule has 0 saturated heterocycles. The molecule has 0 saturated carbocycles. The first-order valence-corrected chi connectivity index (χ1v) is 6.34. The summed E-state index contributed by atoms with van der Waals surface area (Å²) in [6.07, 6.45) is 1.97. The van der Waals surface area contributed by atoms with E-state index in [0.29, 0.717) is 29.9 Å². The molecule has 3 N–H and O–H groups in total. The van der Waals surface area contributed by atoms with E-state index in [9.17, 15) is 0 Å². The van der Waals surface area contributed by atoms with Crippen LogP contribution in [0.3, 0.4) is 0 Å². The number of anilines is 2. The van der Waals surface area contributed by atoms with Gasteiger partial charge in [0.15, 0.2) is 5.82 Å². The van der Waals surface area contributed by atoms with Gasteiger partial charge in [0.2, 0.25) is 0 Å². The van der Waals surface area contributed by atoms with Crippen LogP contribution in [0.5, 0.6) is 0 Å². The fourth-order valence-electron chi connectivity index (χ4n) is 1.37. The first kappa shape index (κ1) is 15.0. The number of unbranched alkanes of at least 4 members (excludes halogenated alkanes) is 1. The maximum atomic E-state index is 5.79. The van der Waals surface area contributed by atoms with Gasteiger partial charge in [0.25, 0.3) is 0 Å². The Labute approximate surface area is 113 Å². The molecule has 0 aromatic carbocycles. The van der Waals surface area contributed by atoms with Crippen molar-refractivity contribution in [2.45, 2.75) is 12.8 Å². The largest absolute Gasteiger partial charge is 0.396 e. The van der Waals surface area contributed by atoms with Gasteiger partial charge in [-0.3, -0.25) is 0 Å². The third-order valence-corrected chi connectivity index (χ3v) is 2.54. The second-order valence-electron chi connectivity index (χ2n) is 3.81. The number of nitrogens with zero attached hydrogens (tertiary/aromatic N) is 1. The first-order valence-electron chi connectivity index (χ1n) is 5.96. The van der Waals surface area contributed by atoms with Crippen molar-refractivity contribution in [3.8, 4) is 0 Å². The fourth-order valence-corrected chi connectivity index (χ4v) is 1.52. The average molecular weight is 274 g/mol. The molecule has 0 spiro atoms. The predicted molar refractivity (Wildman–Crippen MR) is 74.1 cm³/mol. The number of hydrogen-bond donors (Lipinski definition) is 2. The molecule has 0 atom stereocenters. The van der Waals surface area contributed by atoms with E-state index >= 15 is 0 Å². The molecule has 1 aromatic rings. The van der Waals surface area contributed by atoms with Gasteiger partial charge >= 0.3 is 0 Å². The number of halogens is 1. The highest BCUT2D eigenvalue weighted by atomic mass is 35.5. The molecule has 0 aliphatic heterocycles. The zero-order valence-corrected chi connectivity index (χ0v) is 11.4. The van der Waals surface area contributed by atoms with E-state index in [4.69, 9.17) is 26.8 Å². The average Bonchev–Trinajstić information content (AvgIpc) is 2.36. The monoisotopic (exact) mass is 273 g/mol. The maximum absolute atomic E-state index is 5.79. The molecule has 1 heterocycles. The SMILES string of the molecule is COCCOCCCCNc1nc(Cl)ccc1N. The number of rotatable bonds is 9. The zero-order valence-electron chi connectivity index (χ0n) is 10.6. The molecule has 0 aliphatic rings. The number of hydrogen-bond acceptors (Lipinski definition) is 5. The van der Waals surface area contributed by atoms with Gasteiger partial charge in [-0.25, -0.2) is 4.98 Å². The van der Waals surface area contributed by atoms with E-state index in [1.54, 1.807) is 19.2 Å². The molecular weight excluding hydrogens is 254 g/mol. The summed E-state index contributed by atoms with van der Waals surface area (Å²) < 4.78 is 10.2. The molecule has 1 rings (SSSR count). The van der Waals surface area contributed by atoms with Gasteiger partial charge in [-0.2, -0.15) is 0 Å². The van der Waals surface area contributed by atoms with Crippen molar-refractivity contribution in [2.24, 2.45) is 0 Å². The van der Waals surface area contributed by atoms with Crippen molar-refractivity contribution >= 4 is 23.1 Å². The molecule has 0 bridgehead atoms. The number of aromatic nitrogens is 1. The van der Waals surface area contributed by atoms with Crippen LogP contribution in [0.25, 0.3) is 0 Å². The lowest BCUT2D eigenvalue weighted by atomic mass is 10.3. The first-order chi connectivity index (χ1) is 8.74. The summed E-state index contributed by atoms with van der Waals surface area (Å²) in [6.45, 7) is 2.82. The van der Waals surface area contributed by atoms with Crippen LogP contribution in [0.15, 0.2) is 12.1 Å². The lowest BCUT2D eigenvalue weighted by molar-refractivity contribution is 0.0691. The van der Waals surface area contributed by atoms with Gasteiger partial charge in [-0.15, -0.1) is 0 Å². The molecule has 0 fully saturated rings. The van der Waals surface area contributed by atoms with E-state index in [0.717, 1.165) is 26.0 Å². The van der Waals surface area contributed by atoms with Crippen LogP contribution in [0.1, 0.15) is 12.8 Å². The standard InChI is InChI=1S/C12H20ClN3O2/c1-17-8-9-18-7-3-2-6-15-12-10(14)4-5-11(13)16-12/h4-5H,2-3,6-9,14H2,1H3,(H,15,16). The minimum atomic E-state index is 0.439. The summed E-state index contributed by atoms with van der Waals surface area (Å²) in [5.74, 6) is 0.641. The second kappa shape index (κ2) is 8.97. The zero-order chi connectivity index (χ0) is 13.2. The van der Waals surface area contributed by atoms with Gasteiger partial charge in [-0.05, 0) is 25.0 Å². The fraction of sp³-hybridized carbons (Fsp3) is 0.583.